The van der Waals surface area contributed by atoms with Crippen LogP contribution in [0.5, 0.6) is 0 Å². The molecule has 74 valence electrons. The topological polar surface area (TPSA) is 32.3 Å². The fourth-order valence-electron chi connectivity index (χ4n) is 2.45. The van der Waals surface area contributed by atoms with Crippen molar-refractivity contribution in [3.8, 4) is 0 Å². The molecule has 1 amide bonds. The van der Waals surface area contributed by atoms with Gasteiger partial charge in [-0.15, -0.1) is 0 Å². The van der Waals surface area contributed by atoms with Gasteiger partial charge in [-0.1, -0.05) is 6.92 Å². The molecule has 0 spiro atoms. The van der Waals surface area contributed by atoms with Gasteiger partial charge in [0, 0.05) is 19.0 Å². The summed E-state index contributed by atoms with van der Waals surface area (Å²) in [5.74, 6) is 0.947. The van der Waals surface area contributed by atoms with Crippen molar-refractivity contribution >= 4 is 5.91 Å². The van der Waals surface area contributed by atoms with Crippen LogP contribution in [0.25, 0.3) is 0 Å². The molecule has 2 saturated heterocycles. The van der Waals surface area contributed by atoms with Crippen LogP contribution in [-0.4, -0.2) is 29.6 Å². The van der Waals surface area contributed by atoms with E-state index >= 15 is 0 Å². The number of piperidine rings is 1. The van der Waals surface area contributed by atoms with Crippen LogP contribution in [0.1, 0.15) is 33.1 Å². The first-order valence-corrected chi connectivity index (χ1v) is 5.24. The summed E-state index contributed by atoms with van der Waals surface area (Å²) in [4.78, 5) is 13.7. The third-order valence-corrected chi connectivity index (χ3v) is 3.19. The molecule has 0 aromatic carbocycles. The standard InChI is InChI=1S/C10H18N2O/c1-7-4-3-5-12-9(13)6-8(2)11-10(7)12/h7-8,10-11H,3-6H2,1-2H3. The number of amides is 1. The number of hydrogen-bond donors (Lipinski definition) is 1. The van der Waals surface area contributed by atoms with Crippen LogP contribution in [0.4, 0.5) is 0 Å². The van der Waals surface area contributed by atoms with E-state index in [1.165, 1.54) is 12.8 Å². The maximum Gasteiger partial charge on any atom is 0.225 e. The van der Waals surface area contributed by atoms with E-state index in [4.69, 9.17) is 0 Å². The van der Waals surface area contributed by atoms with E-state index in [1.807, 2.05) is 4.90 Å². The molecular weight excluding hydrogens is 164 g/mol. The Morgan fingerprint density at radius 2 is 2.23 bits per heavy atom. The van der Waals surface area contributed by atoms with Crippen LogP contribution in [0.2, 0.25) is 0 Å². The fraction of sp³-hybridized carbons (Fsp3) is 0.900. The Bertz CT molecular complexity index is 217. The first-order valence-electron chi connectivity index (χ1n) is 5.24. The molecule has 13 heavy (non-hydrogen) atoms. The molecule has 0 aliphatic carbocycles. The van der Waals surface area contributed by atoms with Gasteiger partial charge >= 0.3 is 0 Å². The Balaban J connectivity index is 2.12. The summed E-state index contributed by atoms with van der Waals surface area (Å²) in [6.45, 7) is 5.28. The Kier molecular flexibility index (Phi) is 2.28. The maximum absolute atomic E-state index is 11.7. The van der Waals surface area contributed by atoms with Gasteiger partial charge in [-0.3, -0.25) is 10.1 Å². The predicted molar refractivity (Wildman–Crippen MR) is 51.1 cm³/mol. The van der Waals surface area contributed by atoms with Gasteiger partial charge in [0.15, 0.2) is 0 Å². The largest absolute Gasteiger partial charge is 0.327 e. The maximum atomic E-state index is 11.7. The van der Waals surface area contributed by atoms with E-state index < -0.39 is 0 Å². The highest BCUT2D eigenvalue weighted by molar-refractivity contribution is 5.78. The molecule has 0 aromatic rings. The molecule has 2 aliphatic rings. The smallest absolute Gasteiger partial charge is 0.225 e. The minimum atomic E-state index is 0.310. The van der Waals surface area contributed by atoms with E-state index in [0.717, 1.165) is 6.54 Å². The normalized spacial score (nSPS) is 40.3. The minimum absolute atomic E-state index is 0.310. The van der Waals surface area contributed by atoms with Gasteiger partial charge in [-0.05, 0) is 25.7 Å². The lowest BCUT2D eigenvalue weighted by Gasteiger charge is -2.45. The quantitative estimate of drug-likeness (QED) is 0.605. The lowest BCUT2D eigenvalue weighted by Crippen LogP contribution is -2.62. The van der Waals surface area contributed by atoms with E-state index in [0.29, 0.717) is 30.5 Å². The highest BCUT2D eigenvalue weighted by atomic mass is 16.2. The molecule has 0 saturated carbocycles. The molecule has 2 aliphatic heterocycles. The number of carbonyl (C=O) groups excluding carboxylic acids is 1. The molecule has 3 atom stereocenters. The fourth-order valence-corrected chi connectivity index (χ4v) is 2.45. The summed E-state index contributed by atoms with van der Waals surface area (Å²) < 4.78 is 0. The molecule has 0 bridgehead atoms. The van der Waals surface area contributed by atoms with Crippen molar-refractivity contribution in [3.05, 3.63) is 0 Å². The third kappa shape index (κ3) is 1.57. The summed E-state index contributed by atoms with van der Waals surface area (Å²) in [5, 5.41) is 3.50. The monoisotopic (exact) mass is 182 g/mol. The van der Waals surface area contributed by atoms with E-state index in [9.17, 15) is 4.79 Å². The molecule has 3 nitrogen and oxygen atoms in total. The van der Waals surface area contributed by atoms with Gasteiger partial charge < -0.3 is 4.90 Å². The van der Waals surface area contributed by atoms with Crippen molar-refractivity contribution < 1.29 is 4.79 Å². The van der Waals surface area contributed by atoms with Crippen molar-refractivity contribution in [1.29, 1.82) is 0 Å². The highest BCUT2D eigenvalue weighted by Gasteiger charge is 2.36. The van der Waals surface area contributed by atoms with Gasteiger partial charge in [0.1, 0.15) is 0 Å². The Hall–Kier alpha value is -0.570. The lowest BCUT2D eigenvalue weighted by atomic mass is 9.92. The van der Waals surface area contributed by atoms with E-state index in [2.05, 4.69) is 19.2 Å². The molecule has 2 heterocycles. The minimum Gasteiger partial charge on any atom is -0.327 e. The molecule has 2 rings (SSSR count). The summed E-state index contributed by atoms with van der Waals surface area (Å²) in [7, 11) is 0. The molecule has 3 unspecified atom stereocenters. The SMILES string of the molecule is CC1CC(=O)N2CCCC(C)C2N1. The molecule has 2 fully saturated rings. The second kappa shape index (κ2) is 3.29. The number of nitrogens with zero attached hydrogens (tertiary/aromatic N) is 1. The van der Waals surface area contributed by atoms with Crippen molar-refractivity contribution in [2.75, 3.05) is 6.54 Å². The van der Waals surface area contributed by atoms with Crippen LogP contribution in [0, 0.1) is 5.92 Å². The molecule has 0 radical (unpaired) electrons. The summed E-state index contributed by atoms with van der Waals surface area (Å²) in [6.07, 6.45) is 3.39. The zero-order valence-corrected chi connectivity index (χ0v) is 8.42. The van der Waals surface area contributed by atoms with Crippen molar-refractivity contribution in [1.82, 2.24) is 10.2 Å². The van der Waals surface area contributed by atoms with E-state index in [1.54, 1.807) is 0 Å². The summed E-state index contributed by atoms with van der Waals surface area (Å²) >= 11 is 0. The number of rotatable bonds is 0. The molecule has 0 aromatic heterocycles. The van der Waals surface area contributed by atoms with Gasteiger partial charge in [-0.2, -0.15) is 0 Å². The number of carbonyl (C=O) groups is 1. The van der Waals surface area contributed by atoms with Crippen LogP contribution in [0.3, 0.4) is 0 Å². The highest BCUT2D eigenvalue weighted by Crippen LogP contribution is 2.25. The first-order chi connectivity index (χ1) is 6.18. The van der Waals surface area contributed by atoms with Crippen LogP contribution in [0.15, 0.2) is 0 Å². The zero-order chi connectivity index (χ0) is 9.42. The third-order valence-electron chi connectivity index (χ3n) is 3.19. The molecular formula is C10H18N2O. The Morgan fingerprint density at radius 1 is 1.46 bits per heavy atom. The van der Waals surface area contributed by atoms with E-state index in [-0.39, 0.29) is 0 Å². The van der Waals surface area contributed by atoms with Gasteiger partial charge in [0.25, 0.3) is 0 Å². The van der Waals surface area contributed by atoms with Crippen LogP contribution >= 0.6 is 0 Å². The van der Waals surface area contributed by atoms with Crippen molar-refractivity contribution in [2.24, 2.45) is 5.92 Å². The van der Waals surface area contributed by atoms with Crippen LogP contribution in [-0.2, 0) is 4.79 Å². The number of fused-ring (bicyclic) bond motifs is 1. The van der Waals surface area contributed by atoms with Crippen molar-refractivity contribution in [3.63, 3.8) is 0 Å². The molecule has 1 N–H and O–H groups in total. The van der Waals surface area contributed by atoms with Gasteiger partial charge in [-0.25, -0.2) is 0 Å². The second-order valence-corrected chi connectivity index (χ2v) is 4.42. The Morgan fingerprint density at radius 3 is 3.00 bits per heavy atom. The second-order valence-electron chi connectivity index (χ2n) is 4.42. The number of hydrogen-bond acceptors (Lipinski definition) is 2. The van der Waals surface area contributed by atoms with Crippen LogP contribution < -0.4 is 5.32 Å². The van der Waals surface area contributed by atoms with Crippen molar-refractivity contribution in [2.45, 2.75) is 45.3 Å². The average Bonchev–Trinajstić information content (AvgIpc) is 2.07. The van der Waals surface area contributed by atoms with Gasteiger partial charge in [0.05, 0.1) is 6.17 Å². The number of nitrogens with one attached hydrogen (secondary N) is 1. The first kappa shape index (κ1) is 9.00. The Labute approximate surface area is 79.5 Å². The molecule has 3 heteroatoms. The van der Waals surface area contributed by atoms with Gasteiger partial charge in [0.2, 0.25) is 5.91 Å². The average molecular weight is 182 g/mol. The summed E-state index contributed by atoms with van der Waals surface area (Å²) in [5.41, 5.74) is 0. The predicted octanol–water partition coefficient (Wildman–Crippen LogP) is 0.953. The lowest BCUT2D eigenvalue weighted by molar-refractivity contribution is -0.142. The summed E-state index contributed by atoms with van der Waals surface area (Å²) in [6, 6.07) is 0.356. The zero-order valence-electron chi connectivity index (χ0n) is 8.42.